The highest BCUT2D eigenvalue weighted by Crippen LogP contribution is 2.31. The van der Waals surface area contributed by atoms with Gasteiger partial charge in [-0.05, 0) is 24.3 Å². The van der Waals surface area contributed by atoms with Gasteiger partial charge in [0.25, 0.3) is 12.3 Å². The quantitative estimate of drug-likeness (QED) is 0.546. The molecule has 0 saturated carbocycles. The van der Waals surface area contributed by atoms with Gasteiger partial charge in [0.2, 0.25) is 0 Å². The normalized spacial score (nSPS) is 11.1. The number of para-hydroxylation sites is 1. The zero-order valence-electron chi connectivity index (χ0n) is 14.0. The second-order valence-electron chi connectivity index (χ2n) is 5.84. The Labute approximate surface area is 153 Å². The van der Waals surface area contributed by atoms with Gasteiger partial charge in [-0.3, -0.25) is 4.79 Å². The van der Waals surface area contributed by atoms with Crippen LogP contribution in [0.5, 0.6) is 0 Å². The Bertz CT molecular complexity index is 1110. The zero-order valence-corrected chi connectivity index (χ0v) is 14.0. The third kappa shape index (κ3) is 3.27. The maximum Gasteiger partial charge on any atom is 0.264 e. The second-order valence-corrected chi connectivity index (χ2v) is 5.84. The van der Waals surface area contributed by atoms with Crippen molar-refractivity contribution in [1.82, 2.24) is 15.0 Å². The SMILES string of the molecule is O=C(Nc1ccccn1)c1cccc2[nH]c(-c3ccccc3C(F)F)nc12. The number of carbonyl (C=O) groups is 1. The number of imidazole rings is 1. The summed E-state index contributed by atoms with van der Waals surface area (Å²) in [6.07, 6.45) is -1.05. The minimum Gasteiger partial charge on any atom is -0.338 e. The van der Waals surface area contributed by atoms with Crippen LogP contribution in [-0.2, 0) is 0 Å². The van der Waals surface area contributed by atoms with Gasteiger partial charge in [-0.15, -0.1) is 0 Å². The van der Waals surface area contributed by atoms with E-state index in [2.05, 4.69) is 20.3 Å². The van der Waals surface area contributed by atoms with Crippen molar-refractivity contribution in [3.05, 3.63) is 78.0 Å². The number of aromatic nitrogens is 3. The van der Waals surface area contributed by atoms with Gasteiger partial charge in [-0.1, -0.05) is 36.4 Å². The van der Waals surface area contributed by atoms with E-state index in [0.29, 0.717) is 33.8 Å². The number of amides is 1. The number of nitrogens with zero attached hydrogens (tertiary/aromatic N) is 2. The molecule has 5 nitrogen and oxygen atoms in total. The smallest absolute Gasteiger partial charge is 0.264 e. The molecule has 2 aromatic heterocycles. The minimum absolute atomic E-state index is 0.115. The van der Waals surface area contributed by atoms with E-state index >= 15 is 0 Å². The van der Waals surface area contributed by atoms with Crippen LogP contribution in [0.1, 0.15) is 22.3 Å². The number of hydrogen-bond acceptors (Lipinski definition) is 3. The molecular weight excluding hydrogens is 350 g/mol. The lowest BCUT2D eigenvalue weighted by Crippen LogP contribution is -2.13. The minimum atomic E-state index is -2.62. The summed E-state index contributed by atoms with van der Waals surface area (Å²) >= 11 is 0. The van der Waals surface area contributed by atoms with Gasteiger partial charge in [0.05, 0.1) is 11.1 Å². The maximum absolute atomic E-state index is 13.3. The largest absolute Gasteiger partial charge is 0.338 e. The molecule has 2 heterocycles. The molecule has 0 aliphatic carbocycles. The van der Waals surface area contributed by atoms with Gasteiger partial charge in [0.15, 0.2) is 0 Å². The van der Waals surface area contributed by atoms with E-state index in [4.69, 9.17) is 0 Å². The molecule has 0 atom stereocenters. The van der Waals surface area contributed by atoms with Crippen LogP contribution < -0.4 is 5.32 Å². The summed E-state index contributed by atoms with van der Waals surface area (Å²) in [5, 5.41) is 2.71. The lowest BCUT2D eigenvalue weighted by atomic mass is 10.1. The number of pyridine rings is 1. The molecule has 7 heteroatoms. The van der Waals surface area contributed by atoms with E-state index in [1.165, 1.54) is 6.07 Å². The van der Waals surface area contributed by atoms with Crippen molar-refractivity contribution in [2.75, 3.05) is 5.32 Å². The van der Waals surface area contributed by atoms with Crippen molar-refractivity contribution < 1.29 is 13.6 Å². The van der Waals surface area contributed by atoms with Crippen LogP contribution in [-0.4, -0.2) is 20.9 Å². The number of benzene rings is 2. The molecule has 134 valence electrons. The Balaban J connectivity index is 1.76. The first kappa shape index (κ1) is 16.8. The van der Waals surface area contributed by atoms with Crippen LogP contribution in [0, 0.1) is 0 Å². The highest BCUT2D eigenvalue weighted by atomic mass is 19.3. The highest BCUT2D eigenvalue weighted by molar-refractivity contribution is 6.11. The predicted octanol–water partition coefficient (Wildman–Crippen LogP) is 4.81. The second kappa shape index (κ2) is 6.95. The lowest BCUT2D eigenvalue weighted by molar-refractivity contribution is 0.102. The molecule has 27 heavy (non-hydrogen) atoms. The fourth-order valence-electron chi connectivity index (χ4n) is 2.87. The van der Waals surface area contributed by atoms with Gasteiger partial charge >= 0.3 is 0 Å². The molecule has 0 fully saturated rings. The van der Waals surface area contributed by atoms with E-state index in [1.54, 1.807) is 60.8 Å². The summed E-state index contributed by atoms with van der Waals surface area (Å²) in [7, 11) is 0. The summed E-state index contributed by atoms with van der Waals surface area (Å²) < 4.78 is 26.6. The average molecular weight is 364 g/mol. The summed E-state index contributed by atoms with van der Waals surface area (Å²) in [4.78, 5) is 24.1. The number of rotatable bonds is 4. The third-order valence-corrected chi connectivity index (χ3v) is 4.11. The molecule has 0 aliphatic heterocycles. The molecule has 0 spiro atoms. The molecule has 0 aliphatic rings. The number of halogens is 2. The number of anilines is 1. The highest BCUT2D eigenvalue weighted by Gasteiger charge is 2.19. The van der Waals surface area contributed by atoms with E-state index in [0.717, 1.165) is 0 Å². The van der Waals surface area contributed by atoms with Crippen LogP contribution in [0.3, 0.4) is 0 Å². The topological polar surface area (TPSA) is 70.7 Å². The predicted molar refractivity (Wildman–Crippen MR) is 98.7 cm³/mol. The van der Waals surface area contributed by atoms with E-state index in [1.807, 2.05) is 0 Å². The fourth-order valence-corrected chi connectivity index (χ4v) is 2.87. The summed E-state index contributed by atoms with van der Waals surface area (Å²) in [6.45, 7) is 0. The first-order chi connectivity index (χ1) is 13.1. The zero-order chi connectivity index (χ0) is 18.8. The van der Waals surface area contributed by atoms with Crippen molar-refractivity contribution in [3.63, 3.8) is 0 Å². The number of aromatic amines is 1. The van der Waals surface area contributed by atoms with Crippen LogP contribution in [0.2, 0.25) is 0 Å². The van der Waals surface area contributed by atoms with E-state index in [-0.39, 0.29) is 11.5 Å². The van der Waals surface area contributed by atoms with Gasteiger partial charge < -0.3 is 10.3 Å². The molecular formula is C20H14F2N4O. The number of alkyl halides is 2. The summed E-state index contributed by atoms with van der Waals surface area (Å²) in [5.41, 5.74) is 1.51. The molecule has 4 aromatic rings. The molecule has 2 N–H and O–H groups in total. The summed E-state index contributed by atoms with van der Waals surface area (Å²) in [5.74, 6) is 0.330. The first-order valence-corrected chi connectivity index (χ1v) is 8.22. The first-order valence-electron chi connectivity index (χ1n) is 8.22. The van der Waals surface area contributed by atoms with Crippen molar-refractivity contribution in [3.8, 4) is 11.4 Å². The van der Waals surface area contributed by atoms with E-state index in [9.17, 15) is 13.6 Å². The Morgan fingerprint density at radius 1 is 1.00 bits per heavy atom. The molecule has 0 bridgehead atoms. The molecule has 4 rings (SSSR count). The van der Waals surface area contributed by atoms with Crippen LogP contribution in [0.25, 0.3) is 22.4 Å². The summed E-state index contributed by atoms with van der Waals surface area (Å²) in [6, 6.07) is 16.4. The number of H-pyrrole nitrogens is 1. The standard InChI is InChI=1S/C20H14F2N4O/c21-18(22)12-6-1-2-7-13(12)19-24-15-9-5-8-14(17(15)26-19)20(27)25-16-10-3-4-11-23-16/h1-11,18H,(H,24,26)(H,23,25,27). The van der Waals surface area contributed by atoms with Crippen LogP contribution in [0.15, 0.2) is 66.9 Å². The van der Waals surface area contributed by atoms with Gasteiger partial charge in [0.1, 0.15) is 17.2 Å². The molecule has 2 aromatic carbocycles. The Morgan fingerprint density at radius 3 is 2.59 bits per heavy atom. The number of nitrogens with one attached hydrogen (secondary N) is 2. The van der Waals surface area contributed by atoms with Gasteiger partial charge in [-0.25, -0.2) is 18.7 Å². The number of hydrogen-bond donors (Lipinski definition) is 2. The van der Waals surface area contributed by atoms with Crippen molar-refractivity contribution in [2.24, 2.45) is 0 Å². The number of fused-ring (bicyclic) bond motifs is 1. The van der Waals surface area contributed by atoms with Crippen LogP contribution in [0.4, 0.5) is 14.6 Å². The van der Waals surface area contributed by atoms with E-state index < -0.39 is 6.43 Å². The van der Waals surface area contributed by atoms with Crippen molar-refractivity contribution in [2.45, 2.75) is 6.43 Å². The van der Waals surface area contributed by atoms with Crippen molar-refractivity contribution >= 4 is 22.8 Å². The van der Waals surface area contributed by atoms with Gasteiger partial charge in [-0.2, -0.15) is 0 Å². The number of carbonyl (C=O) groups excluding carboxylic acids is 1. The van der Waals surface area contributed by atoms with Crippen molar-refractivity contribution in [1.29, 1.82) is 0 Å². The maximum atomic E-state index is 13.3. The fraction of sp³-hybridized carbons (Fsp3) is 0.0500. The molecule has 0 unspecified atom stereocenters. The third-order valence-electron chi connectivity index (χ3n) is 4.11. The monoisotopic (exact) mass is 364 g/mol. The molecule has 1 amide bonds. The Morgan fingerprint density at radius 2 is 1.81 bits per heavy atom. The Hall–Kier alpha value is -3.61. The van der Waals surface area contributed by atoms with Gasteiger partial charge in [0, 0.05) is 17.3 Å². The van der Waals surface area contributed by atoms with Crippen LogP contribution >= 0.6 is 0 Å². The molecule has 0 saturated heterocycles. The lowest BCUT2D eigenvalue weighted by Gasteiger charge is -2.05. The molecule has 0 radical (unpaired) electrons. The Kier molecular flexibility index (Phi) is 4.33. The average Bonchev–Trinajstić information content (AvgIpc) is 3.13.